The van der Waals surface area contributed by atoms with Gasteiger partial charge in [0.25, 0.3) is 5.91 Å². The van der Waals surface area contributed by atoms with Gasteiger partial charge in [0.1, 0.15) is 11.5 Å². The zero-order valence-electron chi connectivity index (χ0n) is 8.32. The van der Waals surface area contributed by atoms with Crippen LogP contribution in [0.3, 0.4) is 0 Å². The molecular weight excluding hydrogens is 180 g/mol. The topological polar surface area (TPSA) is 80.9 Å². The van der Waals surface area contributed by atoms with Crippen molar-refractivity contribution in [1.82, 2.24) is 9.97 Å². The van der Waals surface area contributed by atoms with Crippen molar-refractivity contribution >= 4 is 11.7 Å². The van der Waals surface area contributed by atoms with Gasteiger partial charge < -0.3 is 11.1 Å². The fourth-order valence-electron chi connectivity index (χ4n) is 0.879. The molecule has 1 aromatic heterocycles. The van der Waals surface area contributed by atoms with Crippen LogP contribution in [0, 0.1) is 5.92 Å². The molecule has 3 N–H and O–H groups in total. The molecule has 0 fully saturated rings. The van der Waals surface area contributed by atoms with Crippen molar-refractivity contribution < 1.29 is 4.79 Å². The van der Waals surface area contributed by atoms with Crippen molar-refractivity contribution in [3.05, 3.63) is 18.1 Å². The highest BCUT2D eigenvalue weighted by atomic mass is 16.1. The summed E-state index contributed by atoms with van der Waals surface area (Å²) in [6, 6.07) is 0. The van der Waals surface area contributed by atoms with Gasteiger partial charge in [-0.05, 0) is 5.92 Å². The monoisotopic (exact) mass is 194 g/mol. The zero-order chi connectivity index (χ0) is 10.6. The van der Waals surface area contributed by atoms with Gasteiger partial charge in [-0.25, -0.2) is 4.98 Å². The number of carbonyl (C=O) groups is 1. The Balaban J connectivity index is 2.69. The molecule has 0 bridgehead atoms. The molecule has 0 saturated heterocycles. The summed E-state index contributed by atoms with van der Waals surface area (Å²) in [7, 11) is 0. The van der Waals surface area contributed by atoms with Gasteiger partial charge in [0.15, 0.2) is 0 Å². The van der Waals surface area contributed by atoms with Gasteiger partial charge in [0.2, 0.25) is 0 Å². The second-order valence-electron chi connectivity index (χ2n) is 3.43. The molecule has 1 amide bonds. The molecule has 0 atom stereocenters. The van der Waals surface area contributed by atoms with Crippen LogP contribution in [-0.4, -0.2) is 22.4 Å². The first-order chi connectivity index (χ1) is 6.59. The number of rotatable bonds is 4. The van der Waals surface area contributed by atoms with Gasteiger partial charge in [-0.3, -0.25) is 9.78 Å². The van der Waals surface area contributed by atoms with Gasteiger partial charge in [0, 0.05) is 6.54 Å². The number of hydrogen-bond acceptors (Lipinski definition) is 4. The Bertz CT molecular complexity index is 324. The molecule has 0 radical (unpaired) electrons. The van der Waals surface area contributed by atoms with E-state index in [0.717, 1.165) is 6.54 Å². The third kappa shape index (κ3) is 3.01. The van der Waals surface area contributed by atoms with Crippen LogP contribution in [-0.2, 0) is 0 Å². The van der Waals surface area contributed by atoms with E-state index in [1.54, 1.807) is 6.20 Å². The lowest BCUT2D eigenvalue weighted by Gasteiger charge is -2.07. The first-order valence-corrected chi connectivity index (χ1v) is 4.45. The predicted octanol–water partition coefficient (Wildman–Crippen LogP) is 0.643. The lowest BCUT2D eigenvalue weighted by atomic mass is 10.2. The summed E-state index contributed by atoms with van der Waals surface area (Å²) >= 11 is 0. The highest BCUT2D eigenvalue weighted by Gasteiger charge is 2.03. The van der Waals surface area contributed by atoms with E-state index >= 15 is 0 Å². The number of nitrogens with zero attached hydrogens (tertiary/aromatic N) is 2. The van der Waals surface area contributed by atoms with Crippen LogP contribution >= 0.6 is 0 Å². The Morgan fingerprint density at radius 1 is 1.57 bits per heavy atom. The van der Waals surface area contributed by atoms with E-state index in [4.69, 9.17) is 5.73 Å². The minimum atomic E-state index is -0.564. The van der Waals surface area contributed by atoms with E-state index in [9.17, 15) is 4.79 Å². The van der Waals surface area contributed by atoms with E-state index in [0.29, 0.717) is 11.7 Å². The molecule has 0 aromatic carbocycles. The van der Waals surface area contributed by atoms with Crippen molar-refractivity contribution in [2.24, 2.45) is 11.7 Å². The van der Waals surface area contributed by atoms with Crippen molar-refractivity contribution in [2.45, 2.75) is 13.8 Å². The number of anilines is 1. The maximum Gasteiger partial charge on any atom is 0.268 e. The van der Waals surface area contributed by atoms with Crippen LogP contribution < -0.4 is 11.1 Å². The second-order valence-corrected chi connectivity index (χ2v) is 3.43. The van der Waals surface area contributed by atoms with E-state index in [1.807, 2.05) is 0 Å². The number of carbonyl (C=O) groups excluding carboxylic acids is 1. The van der Waals surface area contributed by atoms with Gasteiger partial charge in [-0.2, -0.15) is 0 Å². The fraction of sp³-hybridized carbons (Fsp3) is 0.444. The maximum absolute atomic E-state index is 10.8. The average Bonchev–Trinajstić information content (AvgIpc) is 2.15. The Labute approximate surface area is 82.7 Å². The maximum atomic E-state index is 10.8. The normalized spacial score (nSPS) is 10.2. The highest BCUT2D eigenvalue weighted by molar-refractivity contribution is 5.90. The Kier molecular flexibility index (Phi) is 3.39. The number of nitrogens with two attached hydrogens (primary N) is 1. The smallest absolute Gasteiger partial charge is 0.268 e. The Hall–Kier alpha value is -1.65. The number of primary amides is 1. The van der Waals surface area contributed by atoms with Crippen molar-refractivity contribution in [2.75, 3.05) is 11.9 Å². The third-order valence-electron chi connectivity index (χ3n) is 1.58. The van der Waals surface area contributed by atoms with Crippen molar-refractivity contribution in [3.8, 4) is 0 Å². The summed E-state index contributed by atoms with van der Waals surface area (Å²) in [6.07, 6.45) is 2.91. The molecule has 5 nitrogen and oxygen atoms in total. The van der Waals surface area contributed by atoms with E-state index < -0.39 is 5.91 Å². The molecule has 0 aliphatic rings. The summed E-state index contributed by atoms with van der Waals surface area (Å²) in [5.41, 5.74) is 5.25. The van der Waals surface area contributed by atoms with Crippen LogP contribution in [0.4, 0.5) is 5.82 Å². The molecular formula is C9H14N4O. The van der Waals surface area contributed by atoms with E-state index in [2.05, 4.69) is 29.1 Å². The number of amides is 1. The van der Waals surface area contributed by atoms with Crippen molar-refractivity contribution in [1.29, 1.82) is 0 Å². The molecule has 0 spiro atoms. The third-order valence-corrected chi connectivity index (χ3v) is 1.58. The van der Waals surface area contributed by atoms with Crippen LogP contribution in [0.5, 0.6) is 0 Å². The number of hydrogen-bond donors (Lipinski definition) is 2. The summed E-state index contributed by atoms with van der Waals surface area (Å²) in [6.45, 7) is 4.95. The molecule has 0 unspecified atom stereocenters. The average molecular weight is 194 g/mol. The molecule has 1 aromatic rings. The first kappa shape index (κ1) is 10.4. The molecule has 14 heavy (non-hydrogen) atoms. The van der Waals surface area contributed by atoms with Crippen LogP contribution in [0.25, 0.3) is 0 Å². The summed E-state index contributed by atoms with van der Waals surface area (Å²) in [5.74, 6) is 0.523. The van der Waals surface area contributed by atoms with Crippen LogP contribution in [0.1, 0.15) is 24.3 Å². The molecule has 5 heteroatoms. The predicted molar refractivity (Wildman–Crippen MR) is 53.9 cm³/mol. The lowest BCUT2D eigenvalue weighted by molar-refractivity contribution is 0.0995. The van der Waals surface area contributed by atoms with Gasteiger partial charge in [-0.1, -0.05) is 13.8 Å². The van der Waals surface area contributed by atoms with Gasteiger partial charge in [-0.15, -0.1) is 0 Å². The molecule has 0 saturated carbocycles. The first-order valence-electron chi connectivity index (χ1n) is 4.45. The molecule has 0 aliphatic heterocycles. The second kappa shape index (κ2) is 4.55. The Morgan fingerprint density at radius 3 is 2.86 bits per heavy atom. The summed E-state index contributed by atoms with van der Waals surface area (Å²) in [4.78, 5) is 18.6. The van der Waals surface area contributed by atoms with Crippen molar-refractivity contribution in [3.63, 3.8) is 0 Å². The SMILES string of the molecule is CC(C)CNc1cncc(C(N)=O)n1. The van der Waals surface area contributed by atoms with Gasteiger partial charge >= 0.3 is 0 Å². The number of aromatic nitrogens is 2. The van der Waals surface area contributed by atoms with Gasteiger partial charge in [0.05, 0.1) is 12.4 Å². The van der Waals surface area contributed by atoms with Crippen LogP contribution in [0.15, 0.2) is 12.4 Å². The fourth-order valence-corrected chi connectivity index (χ4v) is 0.879. The molecule has 0 aliphatic carbocycles. The molecule has 1 heterocycles. The Morgan fingerprint density at radius 2 is 2.29 bits per heavy atom. The lowest BCUT2D eigenvalue weighted by Crippen LogP contribution is -2.16. The molecule has 76 valence electrons. The van der Waals surface area contributed by atoms with Crippen LogP contribution in [0.2, 0.25) is 0 Å². The molecule has 1 rings (SSSR count). The largest absolute Gasteiger partial charge is 0.369 e. The minimum absolute atomic E-state index is 0.179. The quantitative estimate of drug-likeness (QED) is 0.737. The summed E-state index contributed by atoms with van der Waals surface area (Å²) in [5, 5.41) is 3.06. The standard InChI is InChI=1S/C9H14N4O/c1-6(2)3-12-8-5-11-4-7(13-8)9(10)14/h4-6H,3H2,1-2H3,(H2,10,14)(H,12,13). The minimum Gasteiger partial charge on any atom is -0.369 e. The van der Waals surface area contributed by atoms with E-state index in [1.165, 1.54) is 6.20 Å². The van der Waals surface area contributed by atoms with E-state index in [-0.39, 0.29) is 5.69 Å². The zero-order valence-corrected chi connectivity index (χ0v) is 8.32. The summed E-state index contributed by atoms with van der Waals surface area (Å²) < 4.78 is 0. The number of nitrogens with one attached hydrogen (secondary N) is 1. The highest BCUT2D eigenvalue weighted by Crippen LogP contribution is 2.02.